The maximum Gasteiger partial charge on any atom is 0.233 e. The summed E-state index contributed by atoms with van der Waals surface area (Å²) in [6, 6.07) is 9.06. The summed E-state index contributed by atoms with van der Waals surface area (Å²) in [5.41, 5.74) is 2.31. The highest BCUT2D eigenvalue weighted by Gasteiger charge is 2.53. The van der Waals surface area contributed by atoms with E-state index >= 15 is 0 Å². The van der Waals surface area contributed by atoms with Gasteiger partial charge in [-0.3, -0.25) is 4.79 Å². The van der Waals surface area contributed by atoms with Crippen molar-refractivity contribution in [3.63, 3.8) is 0 Å². The van der Waals surface area contributed by atoms with Crippen molar-refractivity contribution in [2.24, 2.45) is 0 Å². The van der Waals surface area contributed by atoms with E-state index in [-0.39, 0.29) is 5.41 Å². The second-order valence-electron chi connectivity index (χ2n) is 6.50. The number of aryl methyl sites for hydroxylation is 1. The van der Waals surface area contributed by atoms with Gasteiger partial charge in [-0.2, -0.15) is 0 Å². The van der Waals surface area contributed by atoms with Crippen molar-refractivity contribution in [3.05, 3.63) is 35.4 Å². The van der Waals surface area contributed by atoms with Crippen LogP contribution in [0.15, 0.2) is 24.3 Å². The van der Waals surface area contributed by atoms with Crippen LogP contribution in [0.4, 0.5) is 0 Å². The molecule has 3 rings (SSSR count). The number of amides is 1. The molecule has 108 valence electrons. The molecular weight excluding hydrogens is 246 g/mol. The Balaban J connectivity index is 1.83. The van der Waals surface area contributed by atoms with Crippen LogP contribution in [-0.4, -0.2) is 23.4 Å². The van der Waals surface area contributed by atoms with Gasteiger partial charge in [-0.25, -0.2) is 0 Å². The maximum atomic E-state index is 13.1. The third-order valence-corrected chi connectivity index (χ3v) is 5.12. The number of carbonyl (C=O) groups is 1. The Kier molecular flexibility index (Phi) is 3.57. The molecule has 2 aliphatic rings. The molecule has 0 N–H and O–H groups in total. The molecule has 0 bridgehead atoms. The van der Waals surface area contributed by atoms with Crippen LogP contribution in [0.25, 0.3) is 0 Å². The van der Waals surface area contributed by atoms with Gasteiger partial charge in [0.05, 0.1) is 5.41 Å². The van der Waals surface area contributed by atoms with Crippen LogP contribution in [0, 0.1) is 6.92 Å². The first-order valence-corrected chi connectivity index (χ1v) is 8.05. The van der Waals surface area contributed by atoms with Crippen LogP contribution in [0.5, 0.6) is 0 Å². The van der Waals surface area contributed by atoms with E-state index in [1.807, 2.05) is 0 Å². The van der Waals surface area contributed by atoms with Crippen LogP contribution in [0.3, 0.4) is 0 Å². The summed E-state index contributed by atoms with van der Waals surface area (Å²) in [5, 5.41) is 0. The van der Waals surface area contributed by atoms with E-state index in [4.69, 9.17) is 0 Å². The SMILES string of the molecule is CCC1CCCCN1C(=O)C1(c2ccc(C)cc2)CC1. The van der Waals surface area contributed by atoms with E-state index in [9.17, 15) is 4.79 Å². The van der Waals surface area contributed by atoms with Crippen LogP contribution in [0.2, 0.25) is 0 Å². The van der Waals surface area contributed by atoms with E-state index < -0.39 is 0 Å². The predicted octanol–water partition coefficient (Wildman–Crippen LogP) is 3.82. The monoisotopic (exact) mass is 271 g/mol. The van der Waals surface area contributed by atoms with Gasteiger partial charge in [0.1, 0.15) is 0 Å². The van der Waals surface area contributed by atoms with E-state index in [0.717, 1.165) is 25.8 Å². The van der Waals surface area contributed by atoms with Gasteiger partial charge in [0.15, 0.2) is 0 Å². The average Bonchev–Trinajstić information content (AvgIpc) is 3.29. The molecule has 1 amide bonds. The number of hydrogen-bond acceptors (Lipinski definition) is 1. The molecule has 0 spiro atoms. The Bertz CT molecular complexity index is 487. The highest BCUT2D eigenvalue weighted by molar-refractivity contribution is 5.91. The molecule has 2 fully saturated rings. The number of piperidine rings is 1. The second kappa shape index (κ2) is 5.23. The highest BCUT2D eigenvalue weighted by Crippen LogP contribution is 2.50. The lowest BCUT2D eigenvalue weighted by molar-refractivity contribution is -0.137. The average molecular weight is 271 g/mol. The van der Waals surface area contributed by atoms with Crippen LogP contribution in [0.1, 0.15) is 56.6 Å². The summed E-state index contributed by atoms with van der Waals surface area (Å²) in [6.07, 6.45) is 6.79. The van der Waals surface area contributed by atoms with Gasteiger partial charge in [0, 0.05) is 12.6 Å². The molecule has 1 heterocycles. The van der Waals surface area contributed by atoms with Gasteiger partial charge in [-0.15, -0.1) is 0 Å². The van der Waals surface area contributed by atoms with Crippen molar-refractivity contribution in [1.29, 1.82) is 0 Å². The summed E-state index contributed by atoms with van der Waals surface area (Å²) in [4.78, 5) is 15.3. The van der Waals surface area contributed by atoms with E-state index in [2.05, 4.69) is 43.0 Å². The molecule has 0 aromatic heterocycles. The molecule has 1 aromatic carbocycles. The van der Waals surface area contributed by atoms with E-state index in [1.165, 1.54) is 30.4 Å². The fraction of sp³-hybridized carbons (Fsp3) is 0.611. The second-order valence-corrected chi connectivity index (χ2v) is 6.50. The quantitative estimate of drug-likeness (QED) is 0.818. The van der Waals surface area contributed by atoms with Crippen LogP contribution in [-0.2, 0) is 10.2 Å². The van der Waals surface area contributed by atoms with E-state index in [0.29, 0.717) is 11.9 Å². The van der Waals surface area contributed by atoms with Gasteiger partial charge >= 0.3 is 0 Å². The molecule has 1 aliphatic carbocycles. The number of hydrogen-bond donors (Lipinski definition) is 0. The number of benzene rings is 1. The Morgan fingerprint density at radius 3 is 2.55 bits per heavy atom. The Hall–Kier alpha value is -1.31. The molecule has 20 heavy (non-hydrogen) atoms. The summed E-state index contributed by atoms with van der Waals surface area (Å²) in [5.74, 6) is 0.396. The topological polar surface area (TPSA) is 20.3 Å². The lowest BCUT2D eigenvalue weighted by atomic mass is 9.90. The molecule has 2 nitrogen and oxygen atoms in total. The summed E-state index contributed by atoms with van der Waals surface area (Å²) < 4.78 is 0. The molecular formula is C18H25NO. The largest absolute Gasteiger partial charge is 0.339 e. The third kappa shape index (κ3) is 2.25. The molecule has 1 saturated heterocycles. The Morgan fingerprint density at radius 1 is 1.25 bits per heavy atom. The lowest BCUT2D eigenvalue weighted by Crippen LogP contribution is -2.48. The fourth-order valence-electron chi connectivity index (χ4n) is 3.59. The Morgan fingerprint density at radius 2 is 1.95 bits per heavy atom. The fourth-order valence-corrected chi connectivity index (χ4v) is 3.59. The van der Waals surface area contributed by atoms with Gasteiger partial charge in [-0.05, 0) is 51.0 Å². The molecule has 0 radical (unpaired) electrons. The first-order valence-electron chi connectivity index (χ1n) is 8.05. The van der Waals surface area contributed by atoms with Crippen molar-refractivity contribution in [2.75, 3.05) is 6.54 Å². The molecule has 1 unspecified atom stereocenters. The zero-order valence-corrected chi connectivity index (χ0v) is 12.7. The molecule has 1 saturated carbocycles. The maximum absolute atomic E-state index is 13.1. The van der Waals surface area contributed by atoms with Crippen molar-refractivity contribution < 1.29 is 4.79 Å². The van der Waals surface area contributed by atoms with Crippen molar-refractivity contribution in [1.82, 2.24) is 4.90 Å². The van der Waals surface area contributed by atoms with Gasteiger partial charge in [0.25, 0.3) is 0 Å². The van der Waals surface area contributed by atoms with Crippen LogP contribution >= 0.6 is 0 Å². The number of nitrogens with zero attached hydrogens (tertiary/aromatic N) is 1. The lowest BCUT2D eigenvalue weighted by Gasteiger charge is -2.38. The van der Waals surface area contributed by atoms with Gasteiger partial charge in [0.2, 0.25) is 5.91 Å². The minimum Gasteiger partial charge on any atom is -0.339 e. The summed E-state index contributed by atoms with van der Waals surface area (Å²) >= 11 is 0. The molecule has 2 heteroatoms. The van der Waals surface area contributed by atoms with Crippen LogP contribution < -0.4 is 0 Å². The van der Waals surface area contributed by atoms with Crippen molar-refractivity contribution in [3.8, 4) is 0 Å². The van der Waals surface area contributed by atoms with Gasteiger partial charge < -0.3 is 4.90 Å². The van der Waals surface area contributed by atoms with E-state index in [1.54, 1.807) is 0 Å². The third-order valence-electron chi connectivity index (χ3n) is 5.12. The zero-order chi connectivity index (χ0) is 14.2. The molecule has 1 aliphatic heterocycles. The predicted molar refractivity (Wildman–Crippen MR) is 81.7 cm³/mol. The highest BCUT2D eigenvalue weighted by atomic mass is 16.2. The zero-order valence-electron chi connectivity index (χ0n) is 12.7. The first kappa shape index (κ1) is 13.7. The van der Waals surface area contributed by atoms with Crippen molar-refractivity contribution in [2.45, 2.75) is 63.8 Å². The molecule has 1 aromatic rings. The summed E-state index contributed by atoms with van der Waals surface area (Å²) in [7, 11) is 0. The number of carbonyl (C=O) groups excluding carboxylic acids is 1. The number of likely N-dealkylation sites (tertiary alicyclic amines) is 1. The standard InChI is InChI=1S/C18H25NO/c1-3-16-6-4-5-13-19(16)17(20)18(11-12-18)15-9-7-14(2)8-10-15/h7-10,16H,3-6,11-13H2,1-2H3. The normalized spacial score (nSPS) is 24.5. The van der Waals surface area contributed by atoms with Crippen molar-refractivity contribution >= 4 is 5.91 Å². The smallest absolute Gasteiger partial charge is 0.233 e. The van der Waals surface area contributed by atoms with Gasteiger partial charge in [-0.1, -0.05) is 36.8 Å². The Labute approximate surface area is 122 Å². The minimum absolute atomic E-state index is 0.182. The summed E-state index contributed by atoms with van der Waals surface area (Å²) in [6.45, 7) is 5.27. The first-order chi connectivity index (χ1) is 9.67. The number of rotatable bonds is 3. The minimum atomic E-state index is -0.182. The molecule has 1 atom stereocenters.